The molecular formula is C20H23ClN6O3S2. The molecule has 0 unspecified atom stereocenters. The Morgan fingerprint density at radius 2 is 1.94 bits per heavy atom. The Morgan fingerprint density at radius 1 is 1.22 bits per heavy atom. The highest BCUT2D eigenvalue weighted by molar-refractivity contribution is 7.89. The van der Waals surface area contributed by atoms with E-state index in [-0.39, 0.29) is 21.7 Å². The molecule has 1 N–H and O–H groups in total. The Kier molecular flexibility index (Phi) is 6.35. The van der Waals surface area contributed by atoms with Crippen LogP contribution in [0.3, 0.4) is 0 Å². The smallest absolute Gasteiger partial charge is 0.286 e. The molecule has 0 aliphatic carbocycles. The number of anilines is 1. The minimum atomic E-state index is -3.68. The molecule has 1 atom stereocenters. The molecule has 0 radical (unpaired) electrons. The molecule has 0 bridgehead atoms. The zero-order valence-electron chi connectivity index (χ0n) is 17.9. The van der Waals surface area contributed by atoms with Gasteiger partial charge in [0, 0.05) is 36.8 Å². The minimum absolute atomic E-state index is 0.120. The molecule has 2 aromatic heterocycles. The highest BCUT2D eigenvalue weighted by Gasteiger charge is 2.35. The third-order valence-electron chi connectivity index (χ3n) is 5.51. The molecule has 12 heteroatoms. The van der Waals surface area contributed by atoms with Crippen LogP contribution in [0.1, 0.15) is 45.0 Å². The van der Waals surface area contributed by atoms with Crippen LogP contribution in [-0.2, 0) is 17.1 Å². The molecule has 1 saturated heterocycles. The monoisotopic (exact) mass is 494 g/mol. The van der Waals surface area contributed by atoms with E-state index in [0.717, 1.165) is 6.42 Å². The van der Waals surface area contributed by atoms with E-state index < -0.39 is 10.0 Å². The first kappa shape index (κ1) is 22.8. The predicted molar refractivity (Wildman–Crippen MR) is 123 cm³/mol. The number of piperidine rings is 1. The maximum absolute atomic E-state index is 13.3. The fourth-order valence-electron chi connectivity index (χ4n) is 3.83. The zero-order valence-corrected chi connectivity index (χ0v) is 20.3. The van der Waals surface area contributed by atoms with Gasteiger partial charge in [0.15, 0.2) is 0 Å². The van der Waals surface area contributed by atoms with Gasteiger partial charge in [0.25, 0.3) is 5.91 Å². The van der Waals surface area contributed by atoms with Crippen LogP contribution in [0.25, 0.3) is 0 Å². The van der Waals surface area contributed by atoms with Gasteiger partial charge in [-0.2, -0.15) is 9.40 Å². The third kappa shape index (κ3) is 4.42. The lowest BCUT2D eigenvalue weighted by Gasteiger charge is -2.30. The third-order valence-corrected chi connectivity index (χ3v) is 8.97. The van der Waals surface area contributed by atoms with Crippen molar-refractivity contribution in [2.24, 2.45) is 7.05 Å². The average molecular weight is 495 g/mol. The fraction of sp³-hybridized carbons (Fsp3) is 0.400. The molecular weight excluding hydrogens is 472 g/mol. The average Bonchev–Trinajstić information content (AvgIpc) is 3.35. The van der Waals surface area contributed by atoms with E-state index in [0.29, 0.717) is 46.6 Å². The van der Waals surface area contributed by atoms with Crippen molar-refractivity contribution in [3.8, 4) is 0 Å². The number of aryl methyl sites for hydroxylation is 2. The summed E-state index contributed by atoms with van der Waals surface area (Å²) >= 11 is 7.06. The van der Waals surface area contributed by atoms with Crippen molar-refractivity contribution in [2.75, 3.05) is 18.4 Å². The summed E-state index contributed by atoms with van der Waals surface area (Å²) in [4.78, 5) is 12.8. The second kappa shape index (κ2) is 8.89. The number of amides is 1. The number of carbonyl (C=O) groups excluding carboxylic acids is 1. The molecule has 1 aliphatic heterocycles. The number of nitrogens with zero attached hydrogens (tertiary/aromatic N) is 5. The number of rotatable bonds is 5. The zero-order chi connectivity index (χ0) is 23.0. The van der Waals surface area contributed by atoms with E-state index in [2.05, 4.69) is 20.6 Å². The summed E-state index contributed by atoms with van der Waals surface area (Å²) < 4.78 is 29.7. The molecule has 1 aliphatic rings. The highest BCUT2D eigenvalue weighted by Crippen LogP contribution is 2.33. The van der Waals surface area contributed by atoms with Gasteiger partial charge in [0.2, 0.25) is 15.0 Å². The molecule has 3 heterocycles. The molecule has 1 aromatic carbocycles. The van der Waals surface area contributed by atoms with Gasteiger partial charge >= 0.3 is 0 Å². The summed E-state index contributed by atoms with van der Waals surface area (Å²) in [5.41, 5.74) is 1.71. The number of carbonyl (C=O) groups is 1. The molecule has 0 spiro atoms. The topological polar surface area (TPSA) is 110 Å². The summed E-state index contributed by atoms with van der Waals surface area (Å²) in [6.07, 6.45) is 1.48. The van der Waals surface area contributed by atoms with E-state index in [9.17, 15) is 13.2 Å². The SMILES string of the molecule is Cc1nn(C)c(C)c1S(=O)(=O)N1CCC[C@H](c2nnc(C(=O)Nc3ccc(Cl)cc3)s2)C1. The summed E-state index contributed by atoms with van der Waals surface area (Å²) in [5.74, 6) is -0.483. The lowest BCUT2D eigenvalue weighted by molar-refractivity contribution is 0.102. The first-order valence-corrected chi connectivity index (χ1v) is 12.7. The maximum atomic E-state index is 13.3. The molecule has 1 amide bonds. The first-order valence-electron chi connectivity index (χ1n) is 10.1. The summed E-state index contributed by atoms with van der Waals surface area (Å²) in [6.45, 7) is 4.20. The fourth-order valence-corrected chi connectivity index (χ4v) is 6.74. The van der Waals surface area contributed by atoms with Crippen molar-refractivity contribution in [1.29, 1.82) is 0 Å². The summed E-state index contributed by atoms with van der Waals surface area (Å²) in [7, 11) is -1.95. The minimum Gasteiger partial charge on any atom is -0.320 e. The van der Waals surface area contributed by atoms with E-state index in [4.69, 9.17) is 11.6 Å². The largest absolute Gasteiger partial charge is 0.320 e. The molecule has 9 nitrogen and oxygen atoms in total. The molecule has 0 saturated carbocycles. The molecule has 4 rings (SSSR count). The lowest BCUT2D eigenvalue weighted by Crippen LogP contribution is -2.39. The molecule has 170 valence electrons. The van der Waals surface area contributed by atoms with Crippen LogP contribution in [0.4, 0.5) is 5.69 Å². The number of hydrogen-bond donors (Lipinski definition) is 1. The number of hydrogen-bond acceptors (Lipinski definition) is 7. The Hall–Kier alpha value is -2.34. The van der Waals surface area contributed by atoms with Gasteiger partial charge in [-0.15, -0.1) is 10.2 Å². The second-order valence-electron chi connectivity index (χ2n) is 7.73. The van der Waals surface area contributed by atoms with Crippen molar-refractivity contribution < 1.29 is 13.2 Å². The molecule has 3 aromatic rings. The summed E-state index contributed by atoms with van der Waals surface area (Å²) in [5, 5.41) is 16.7. The van der Waals surface area contributed by atoms with Gasteiger partial charge < -0.3 is 5.32 Å². The number of sulfonamides is 1. The van der Waals surface area contributed by atoms with E-state index in [1.54, 1.807) is 49.8 Å². The molecule has 1 fully saturated rings. The Labute approximate surface area is 195 Å². The number of nitrogens with one attached hydrogen (secondary N) is 1. The predicted octanol–water partition coefficient (Wildman–Crippen LogP) is 3.36. The number of aromatic nitrogens is 4. The Bertz CT molecular complexity index is 1250. The van der Waals surface area contributed by atoms with E-state index in [1.165, 1.54) is 15.6 Å². The maximum Gasteiger partial charge on any atom is 0.286 e. The van der Waals surface area contributed by atoms with Crippen molar-refractivity contribution in [2.45, 2.75) is 37.5 Å². The van der Waals surface area contributed by atoms with Crippen LogP contribution in [0.15, 0.2) is 29.2 Å². The van der Waals surface area contributed by atoms with Crippen LogP contribution in [0.5, 0.6) is 0 Å². The first-order chi connectivity index (χ1) is 15.2. The van der Waals surface area contributed by atoms with Gasteiger partial charge in [-0.05, 0) is 51.0 Å². The van der Waals surface area contributed by atoms with Crippen LogP contribution in [-0.4, -0.2) is 51.7 Å². The normalized spacial score (nSPS) is 17.4. The van der Waals surface area contributed by atoms with Crippen LogP contribution >= 0.6 is 22.9 Å². The van der Waals surface area contributed by atoms with Gasteiger partial charge in [-0.25, -0.2) is 8.42 Å². The number of benzene rings is 1. The van der Waals surface area contributed by atoms with Crippen LogP contribution in [0, 0.1) is 13.8 Å². The van der Waals surface area contributed by atoms with Gasteiger partial charge in [0.1, 0.15) is 9.90 Å². The molecule has 32 heavy (non-hydrogen) atoms. The van der Waals surface area contributed by atoms with Gasteiger partial charge in [0.05, 0.1) is 11.4 Å². The van der Waals surface area contributed by atoms with Gasteiger partial charge in [-0.3, -0.25) is 9.48 Å². The number of halogens is 1. The van der Waals surface area contributed by atoms with Crippen molar-refractivity contribution in [3.05, 3.63) is 50.7 Å². The van der Waals surface area contributed by atoms with Crippen molar-refractivity contribution >= 4 is 44.6 Å². The lowest BCUT2D eigenvalue weighted by atomic mass is 10.0. The van der Waals surface area contributed by atoms with Crippen LogP contribution < -0.4 is 5.32 Å². The quantitative estimate of drug-likeness (QED) is 0.582. The van der Waals surface area contributed by atoms with Crippen LogP contribution in [0.2, 0.25) is 5.02 Å². The summed E-state index contributed by atoms with van der Waals surface area (Å²) in [6, 6.07) is 6.78. The Balaban J connectivity index is 1.50. The second-order valence-corrected chi connectivity index (χ2v) is 11.1. The van der Waals surface area contributed by atoms with E-state index in [1.807, 2.05) is 0 Å². The van der Waals surface area contributed by atoms with Crippen molar-refractivity contribution in [1.82, 2.24) is 24.3 Å². The standard InChI is InChI=1S/C20H23ClN6O3S2/c1-12-17(13(2)26(3)25-12)32(29,30)27-10-4-5-14(11-27)19-23-24-20(31-19)18(28)22-16-8-6-15(21)7-9-16/h6-9,14H,4-5,10-11H2,1-3H3,(H,22,28)/t14-/m0/s1. The van der Waals surface area contributed by atoms with E-state index >= 15 is 0 Å². The van der Waals surface area contributed by atoms with Crippen molar-refractivity contribution in [3.63, 3.8) is 0 Å². The Morgan fingerprint density at radius 3 is 2.59 bits per heavy atom. The van der Waals surface area contributed by atoms with Gasteiger partial charge in [-0.1, -0.05) is 22.9 Å². The highest BCUT2D eigenvalue weighted by atomic mass is 35.5.